The first kappa shape index (κ1) is 15.1. The monoisotopic (exact) mass is 359 g/mol. The molecule has 0 fully saturated rings. The fourth-order valence-electron chi connectivity index (χ4n) is 1.66. The summed E-state index contributed by atoms with van der Waals surface area (Å²) >= 11 is 4.86. The molecule has 2 rings (SSSR count). The molecule has 0 amide bonds. The van der Waals surface area contributed by atoms with Crippen LogP contribution in [0.3, 0.4) is 0 Å². The second-order valence-corrected chi connectivity index (χ2v) is 7.01. The molecule has 20 heavy (non-hydrogen) atoms. The van der Waals surface area contributed by atoms with Crippen LogP contribution in [0, 0.1) is 5.92 Å². The SMILES string of the molecule is CC(C)C(NCc1nnc(-c2ccc(Br)s2)o1)C(=O)O. The molecule has 0 saturated heterocycles. The van der Waals surface area contributed by atoms with Crippen LogP contribution in [-0.4, -0.2) is 27.3 Å². The molecule has 0 radical (unpaired) electrons. The number of aliphatic carboxylic acids is 1. The van der Waals surface area contributed by atoms with Gasteiger partial charge in [0.25, 0.3) is 5.89 Å². The van der Waals surface area contributed by atoms with E-state index in [1.807, 2.05) is 26.0 Å². The van der Waals surface area contributed by atoms with E-state index in [2.05, 4.69) is 31.4 Å². The van der Waals surface area contributed by atoms with Gasteiger partial charge in [-0.1, -0.05) is 13.8 Å². The molecule has 6 nitrogen and oxygen atoms in total. The van der Waals surface area contributed by atoms with Crippen molar-refractivity contribution in [2.24, 2.45) is 5.92 Å². The lowest BCUT2D eigenvalue weighted by molar-refractivity contribution is -0.140. The van der Waals surface area contributed by atoms with Crippen LogP contribution in [0.4, 0.5) is 0 Å². The van der Waals surface area contributed by atoms with Crippen molar-refractivity contribution in [3.63, 3.8) is 0 Å². The Balaban J connectivity index is 2.01. The van der Waals surface area contributed by atoms with Gasteiger partial charge in [0.1, 0.15) is 6.04 Å². The zero-order valence-corrected chi connectivity index (χ0v) is 13.4. The Morgan fingerprint density at radius 1 is 1.50 bits per heavy atom. The summed E-state index contributed by atoms with van der Waals surface area (Å²) < 4.78 is 6.49. The van der Waals surface area contributed by atoms with E-state index in [0.29, 0.717) is 11.8 Å². The van der Waals surface area contributed by atoms with Crippen LogP contribution in [0.1, 0.15) is 19.7 Å². The van der Waals surface area contributed by atoms with Crippen molar-refractivity contribution in [1.82, 2.24) is 15.5 Å². The third-order valence-corrected chi connectivity index (χ3v) is 4.27. The molecule has 0 spiro atoms. The van der Waals surface area contributed by atoms with Crippen LogP contribution >= 0.6 is 27.3 Å². The molecule has 2 N–H and O–H groups in total. The zero-order chi connectivity index (χ0) is 14.7. The minimum atomic E-state index is -0.887. The van der Waals surface area contributed by atoms with Gasteiger partial charge in [-0.25, -0.2) is 0 Å². The average molecular weight is 360 g/mol. The first-order chi connectivity index (χ1) is 9.47. The number of hydrogen-bond acceptors (Lipinski definition) is 6. The molecule has 0 aliphatic heterocycles. The summed E-state index contributed by atoms with van der Waals surface area (Å²) in [5.41, 5.74) is 0. The molecule has 0 aliphatic rings. The number of rotatable bonds is 6. The van der Waals surface area contributed by atoms with E-state index in [-0.39, 0.29) is 12.5 Å². The van der Waals surface area contributed by atoms with E-state index in [4.69, 9.17) is 9.52 Å². The molecule has 0 aliphatic carbocycles. The number of aromatic nitrogens is 2. The van der Waals surface area contributed by atoms with Crippen molar-refractivity contribution in [2.75, 3.05) is 0 Å². The van der Waals surface area contributed by atoms with Gasteiger partial charge < -0.3 is 9.52 Å². The van der Waals surface area contributed by atoms with E-state index in [0.717, 1.165) is 8.66 Å². The number of carbonyl (C=O) groups is 1. The number of nitrogens with one attached hydrogen (secondary N) is 1. The summed E-state index contributed by atoms with van der Waals surface area (Å²) in [4.78, 5) is 11.9. The molecule has 0 aromatic carbocycles. The van der Waals surface area contributed by atoms with Gasteiger partial charge in [0.2, 0.25) is 5.89 Å². The third-order valence-electron chi connectivity index (χ3n) is 2.66. The number of carboxylic acid groups (broad SMARTS) is 1. The van der Waals surface area contributed by atoms with Crippen LogP contribution in [0.2, 0.25) is 0 Å². The van der Waals surface area contributed by atoms with Crippen molar-refractivity contribution in [3.05, 3.63) is 21.8 Å². The maximum atomic E-state index is 11.1. The predicted octanol–water partition coefficient (Wildman–Crippen LogP) is 2.76. The maximum absolute atomic E-state index is 11.1. The van der Waals surface area contributed by atoms with E-state index in [9.17, 15) is 4.79 Å². The molecular formula is C12H14BrN3O3S. The molecule has 2 aromatic heterocycles. The quantitative estimate of drug-likeness (QED) is 0.824. The van der Waals surface area contributed by atoms with Crippen LogP contribution in [0.15, 0.2) is 20.3 Å². The summed E-state index contributed by atoms with van der Waals surface area (Å²) in [5.74, 6) is -0.101. The number of halogens is 1. The number of thiophene rings is 1. The first-order valence-corrected chi connectivity index (χ1v) is 7.62. The highest BCUT2D eigenvalue weighted by Gasteiger charge is 2.21. The standard InChI is InChI=1S/C12H14BrN3O3S/c1-6(2)10(12(17)18)14-5-9-15-16-11(19-9)7-3-4-8(13)20-7/h3-4,6,10,14H,5H2,1-2H3,(H,17,18). The number of nitrogens with zero attached hydrogens (tertiary/aromatic N) is 2. The Morgan fingerprint density at radius 3 is 2.80 bits per heavy atom. The van der Waals surface area contributed by atoms with Gasteiger partial charge in [-0.05, 0) is 34.0 Å². The topological polar surface area (TPSA) is 88.3 Å². The largest absolute Gasteiger partial charge is 0.480 e. The summed E-state index contributed by atoms with van der Waals surface area (Å²) in [7, 11) is 0. The van der Waals surface area contributed by atoms with Gasteiger partial charge >= 0.3 is 5.97 Å². The second-order valence-electron chi connectivity index (χ2n) is 4.55. The molecule has 108 valence electrons. The van der Waals surface area contributed by atoms with Gasteiger partial charge in [0, 0.05) is 0 Å². The van der Waals surface area contributed by atoms with Gasteiger partial charge in [-0.2, -0.15) is 0 Å². The maximum Gasteiger partial charge on any atom is 0.320 e. The van der Waals surface area contributed by atoms with Crippen molar-refractivity contribution < 1.29 is 14.3 Å². The fourth-order valence-corrected chi connectivity index (χ4v) is 2.97. The molecule has 8 heteroatoms. The van der Waals surface area contributed by atoms with Gasteiger partial charge in [-0.15, -0.1) is 21.5 Å². The Bertz CT molecular complexity index is 596. The van der Waals surface area contributed by atoms with Gasteiger partial charge in [0.05, 0.1) is 15.2 Å². The molecule has 1 unspecified atom stereocenters. The lowest BCUT2D eigenvalue weighted by Gasteiger charge is -2.16. The van der Waals surface area contributed by atoms with Gasteiger partial charge in [-0.3, -0.25) is 10.1 Å². The second kappa shape index (κ2) is 6.47. The van der Waals surface area contributed by atoms with Crippen LogP contribution in [0.25, 0.3) is 10.8 Å². The summed E-state index contributed by atoms with van der Waals surface area (Å²) in [6.07, 6.45) is 0. The highest BCUT2D eigenvalue weighted by Crippen LogP contribution is 2.30. The summed E-state index contributed by atoms with van der Waals surface area (Å²) in [6.45, 7) is 3.91. The lowest BCUT2D eigenvalue weighted by atomic mass is 10.1. The van der Waals surface area contributed by atoms with Crippen molar-refractivity contribution in [2.45, 2.75) is 26.4 Å². The minimum Gasteiger partial charge on any atom is -0.480 e. The fraction of sp³-hybridized carbons (Fsp3) is 0.417. The summed E-state index contributed by atoms with van der Waals surface area (Å²) in [6, 6.07) is 3.15. The number of carboxylic acids is 1. The molecule has 0 saturated carbocycles. The lowest BCUT2D eigenvalue weighted by Crippen LogP contribution is -2.40. The highest BCUT2D eigenvalue weighted by atomic mass is 79.9. The highest BCUT2D eigenvalue weighted by molar-refractivity contribution is 9.11. The smallest absolute Gasteiger partial charge is 0.320 e. The molecule has 2 aromatic rings. The van der Waals surface area contributed by atoms with Crippen molar-refractivity contribution in [3.8, 4) is 10.8 Å². The van der Waals surface area contributed by atoms with E-state index < -0.39 is 12.0 Å². The number of hydrogen-bond donors (Lipinski definition) is 2. The van der Waals surface area contributed by atoms with Crippen LogP contribution in [0.5, 0.6) is 0 Å². The predicted molar refractivity (Wildman–Crippen MR) is 78.4 cm³/mol. The third kappa shape index (κ3) is 3.65. The van der Waals surface area contributed by atoms with Gasteiger partial charge in [0.15, 0.2) is 0 Å². The normalized spacial score (nSPS) is 12.8. The van der Waals surface area contributed by atoms with Crippen molar-refractivity contribution >= 4 is 33.2 Å². The van der Waals surface area contributed by atoms with E-state index in [1.165, 1.54) is 11.3 Å². The molecular weight excluding hydrogens is 346 g/mol. The Labute approximate surface area is 128 Å². The molecule has 1 atom stereocenters. The zero-order valence-electron chi connectivity index (χ0n) is 11.0. The van der Waals surface area contributed by atoms with Crippen molar-refractivity contribution in [1.29, 1.82) is 0 Å². The summed E-state index contributed by atoms with van der Waals surface area (Å²) in [5, 5.41) is 19.8. The van der Waals surface area contributed by atoms with Crippen LogP contribution in [-0.2, 0) is 11.3 Å². The Hall–Kier alpha value is -1.25. The Kier molecular flexibility index (Phi) is 4.90. The minimum absolute atomic E-state index is 0.0249. The molecule has 0 bridgehead atoms. The van der Waals surface area contributed by atoms with Crippen LogP contribution < -0.4 is 5.32 Å². The first-order valence-electron chi connectivity index (χ1n) is 6.01. The molecule has 2 heterocycles. The Morgan fingerprint density at radius 2 is 2.25 bits per heavy atom. The average Bonchev–Trinajstić information content (AvgIpc) is 2.97. The van der Waals surface area contributed by atoms with E-state index in [1.54, 1.807) is 0 Å². The van der Waals surface area contributed by atoms with E-state index >= 15 is 0 Å².